The van der Waals surface area contributed by atoms with E-state index in [2.05, 4.69) is 12.2 Å². The largest absolute Gasteiger partial charge is 0.482 e. The summed E-state index contributed by atoms with van der Waals surface area (Å²) in [6.45, 7) is 4.32. The number of carbonyl (C=O) groups excluding carboxylic acids is 2. The van der Waals surface area contributed by atoms with E-state index in [1.165, 1.54) is 0 Å². The third-order valence-corrected chi connectivity index (χ3v) is 4.94. The highest BCUT2D eigenvalue weighted by molar-refractivity contribution is 6.32. The molecule has 0 radical (unpaired) electrons. The van der Waals surface area contributed by atoms with Crippen molar-refractivity contribution >= 4 is 34.8 Å². The maximum atomic E-state index is 12.6. The molecule has 0 bridgehead atoms. The Morgan fingerprint density at radius 2 is 2.03 bits per heavy atom. The van der Waals surface area contributed by atoms with Gasteiger partial charge in [0.05, 0.1) is 10.7 Å². The molecule has 3 rings (SSSR count). The summed E-state index contributed by atoms with van der Waals surface area (Å²) in [6.07, 6.45) is 2.51. The van der Waals surface area contributed by atoms with Crippen LogP contribution in [-0.2, 0) is 9.59 Å². The molecule has 0 aliphatic carbocycles. The monoisotopic (exact) mass is 416 g/mol. The lowest BCUT2D eigenvalue weighted by Gasteiger charge is -2.33. The molecule has 0 fully saturated rings. The van der Waals surface area contributed by atoms with Gasteiger partial charge >= 0.3 is 0 Å². The molecule has 2 aromatic rings. The topological polar surface area (TPSA) is 67.9 Å². The number of hydrogen-bond donors (Lipinski definition) is 1. The number of fused-ring (bicyclic) bond motifs is 1. The van der Waals surface area contributed by atoms with Crippen molar-refractivity contribution in [3.8, 4) is 11.5 Å². The van der Waals surface area contributed by atoms with Crippen LogP contribution < -0.4 is 19.7 Å². The van der Waals surface area contributed by atoms with Crippen LogP contribution in [-0.4, -0.2) is 31.1 Å². The number of unbranched alkanes of at least 4 members (excludes halogenated alkanes) is 2. The van der Waals surface area contributed by atoms with E-state index in [-0.39, 0.29) is 18.4 Å². The highest BCUT2D eigenvalue weighted by atomic mass is 35.5. The Morgan fingerprint density at radius 3 is 2.79 bits per heavy atom. The van der Waals surface area contributed by atoms with E-state index in [4.69, 9.17) is 21.1 Å². The minimum Gasteiger partial charge on any atom is -0.482 e. The Labute approximate surface area is 175 Å². The van der Waals surface area contributed by atoms with Crippen molar-refractivity contribution in [3.05, 3.63) is 47.5 Å². The summed E-state index contributed by atoms with van der Waals surface area (Å²) < 4.78 is 11.2. The smallest absolute Gasteiger partial charge is 0.267 e. The van der Waals surface area contributed by atoms with Crippen molar-refractivity contribution in [1.82, 2.24) is 0 Å². The van der Waals surface area contributed by atoms with Crippen molar-refractivity contribution < 1.29 is 19.1 Å². The lowest BCUT2D eigenvalue weighted by atomic mass is 10.1. The fourth-order valence-corrected chi connectivity index (χ4v) is 3.33. The van der Waals surface area contributed by atoms with E-state index < -0.39 is 6.10 Å². The molecule has 0 saturated heterocycles. The third-order valence-electron chi connectivity index (χ3n) is 4.63. The fourth-order valence-electron chi connectivity index (χ4n) is 3.14. The van der Waals surface area contributed by atoms with E-state index in [0.29, 0.717) is 34.4 Å². The van der Waals surface area contributed by atoms with Gasteiger partial charge < -0.3 is 19.7 Å². The lowest BCUT2D eigenvalue weighted by molar-refractivity contribution is -0.125. The number of para-hydroxylation sites is 1. The number of halogens is 1. The van der Waals surface area contributed by atoms with Crippen LogP contribution in [0.2, 0.25) is 5.02 Å². The Hall–Kier alpha value is -2.73. The number of amides is 2. The van der Waals surface area contributed by atoms with Crippen LogP contribution in [0.15, 0.2) is 42.5 Å². The fraction of sp³-hybridized carbons (Fsp3) is 0.364. The maximum absolute atomic E-state index is 12.6. The quantitative estimate of drug-likeness (QED) is 0.635. The Bertz CT molecular complexity index is 887. The number of anilines is 2. The van der Waals surface area contributed by atoms with E-state index in [1.54, 1.807) is 54.3 Å². The van der Waals surface area contributed by atoms with Gasteiger partial charge in [-0.1, -0.05) is 43.5 Å². The summed E-state index contributed by atoms with van der Waals surface area (Å²) in [4.78, 5) is 26.6. The first-order valence-corrected chi connectivity index (χ1v) is 10.2. The number of nitrogens with zero attached hydrogens (tertiary/aromatic N) is 1. The molecule has 1 unspecified atom stereocenters. The predicted molar refractivity (Wildman–Crippen MR) is 114 cm³/mol. The molecule has 1 atom stereocenters. The highest BCUT2D eigenvalue weighted by Gasteiger charge is 2.31. The summed E-state index contributed by atoms with van der Waals surface area (Å²) in [5, 5.41) is 3.24. The van der Waals surface area contributed by atoms with Gasteiger partial charge in [0.1, 0.15) is 11.5 Å². The highest BCUT2D eigenvalue weighted by Crippen LogP contribution is 2.36. The summed E-state index contributed by atoms with van der Waals surface area (Å²) in [7, 11) is 0. The van der Waals surface area contributed by atoms with Crippen LogP contribution in [0.4, 0.5) is 11.4 Å². The molecule has 6 nitrogen and oxygen atoms in total. The Morgan fingerprint density at radius 1 is 1.24 bits per heavy atom. The second kappa shape index (κ2) is 9.65. The minimum atomic E-state index is -0.520. The van der Waals surface area contributed by atoms with Gasteiger partial charge in [-0.05, 0) is 43.7 Å². The number of hydrogen-bond acceptors (Lipinski definition) is 4. The number of rotatable bonds is 8. The van der Waals surface area contributed by atoms with Crippen LogP contribution in [0.3, 0.4) is 0 Å². The van der Waals surface area contributed by atoms with Crippen molar-refractivity contribution in [2.45, 2.75) is 39.2 Å². The van der Waals surface area contributed by atoms with E-state index in [0.717, 1.165) is 19.3 Å². The third kappa shape index (κ3) is 5.21. The first kappa shape index (κ1) is 21.0. The van der Waals surface area contributed by atoms with E-state index in [9.17, 15) is 9.59 Å². The molecular weight excluding hydrogens is 392 g/mol. The molecule has 0 spiro atoms. The molecule has 7 heteroatoms. The molecule has 1 aliphatic heterocycles. The van der Waals surface area contributed by atoms with Crippen molar-refractivity contribution in [3.63, 3.8) is 0 Å². The van der Waals surface area contributed by atoms with Gasteiger partial charge in [0.25, 0.3) is 11.8 Å². The predicted octanol–water partition coefficient (Wildman–Crippen LogP) is 4.66. The summed E-state index contributed by atoms with van der Waals surface area (Å²) in [5.74, 6) is 0.696. The normalized spacial score (nSPS) is 15.5. The molecular formula is C22H25ClN2O4. The van der Waals surface area contributed by atoms with Gasteiger partial charge in [0, 0.05) is 12.2 Å². The summed E-state index contributed by atoms with van der Waals surface area (Å²) >= 11 is 6.03. The second-order valence-electron chi connectivity index (χ2n) is 6.91. The summed E-state index contributed by atoms with van der Waals surface area (Å²) in [5.41, 5.74) is 1.25. The van der Waals surface area contributed by atoms with Crippen LogP contribution in [0.25, 0.3) is 0 Å². The van der Waals surface area contributed by atoms with E-state index >= 15 is 0 Å². The van der Waals surface area contributed by atoms with Gasteiger partial charge in [0.15, 0.2) is 12.7 Å². The van der Waals surface area contributed by atoms with Gasteiger partial charge in [-0.2, -0.15) is 0 Å². The molecule has 1 heterocycles. The van der Waals surface area contributed by atoms with Crippen LogP contribution in [0, 0.1) is 0 Å². The number of ether oxygens (including phenoxy) is 2. The maximum Gasteiger partial charge on any atom is 0.267 e. The zero-order valence-electron chi connectivity index (χ0n) is 16.6. The van der Waals surface area contributed by atoms with Gasteiger partial charge in [0.2, 0.25) is 0 Å². The average Bonchev–Trinajstić information content (AvgIpc) is 2.71. The summed E-state index contributed by atoms with van der Waals surface area (Å²) in [6, 6.07) is 12.3. The molecule has 2 amide bonds. The van der Waals surface area contributed by atoms with Gasteiger partial charge in [-0.15, -0.1) is 0 Å². The molecule has 154 valence electrons. The molecule has 0 saturated carbocycles. The SMILES string of the molecule is CCCCCN1C(=O)C(C)Oc2ccc(NC(=O)COc3ccccc3Cl)cc21. The minimum absolute atomic E-state index is 0.0702. The zero-order valence-corrected chi connectivity index (χ0v) is 17.4. The van der Waals surface area contributed by atoms with Crippen LogP contribution >= 0.6 is 11.6 Å². The first-order chi connectivity index (χ1) is 14.0. The molecule has 0 aromatic heterocycles. The Balaban J connectivity index is 1.69. The molecule has 2 aromatic carbocycles. The standard InChI is InChI=1S/C22H25ClN2O4/c1-3-4-7-12-25-18-13-16(10-11-20(18)29-15(2)22(25)27)24-21(26)14-28-19-9-6-5-8-17(19)23/h5-6,8-11,13,15H,3-4,7,12,14H2,1-2H3,(H,24,26). The second-order valence-corrected chi connectivity index (χ2v) is 7.31. The lowest BCUT2D eigenvalue weighted by Crippen LogP contribution is -2.44. The van der Waals surface area contributed by atoms with E-state index in [1.807, 2.05) is 0 Å². The molecule has 1 aliphatic rings. The van der Waals surface area contributed by atoms with Crippen molar-refractivity contribution in [2.75, 3.05) is 23.4 Å². The van der Waals surface area contributed by atoms with Crippen LogP contribution in [0.5, 0.6) is 11.5 Å². The van der Waals surface area contributed by atoms with Crippen molar-refractivity contribution in [2.24, 2.45) is 0 Å². The number of benzene rings is 2. The molecule has 1 N–H and O–H groups in total. The molecule has 29 heavy (non-hydrogen) atoms. The first-order valence-electron chi connectivity index (χ1n) is 9.79. The zero-order chi connectivity index (χ0) is 20.8. The van der Waals surface area contributed by atoms with Gasteiger partial charge in [-0.25, -0.2) is 0 Å². The average molecular weight is 417 g/mol. The number of nitrogens with one attached hydrogen (secondary N) is 1. The van der Waals surface area contributed by atoms with Gasteiger partial charge in [-0.3, -0.25) is 9.59 Å². The Kier molecular flexibility index (Phi) is 6.99. The van der Waals surface area contributed by atoms with Crippen molar-refractivity contribution in [1.29, 1.82) is 0 Å². The van der Waals surface area contributed by atoms with Crippen LogP contribution in [0.1, 0.15) is 33.1 Å². The number of carbonyl (C=O) groups is 2.